The minimum atomic E-state index is -0.432. The van der Waals surface area contributed by atoms with Crippen LogP contribution in [0.1, 0.15) is 40.6 Å². The number of carbonyl (C=O) groups is 2. The molecular formula is C20H22N4O4. The third kappa shape index (κ3) is 3.88. The molecule has 2 aliphatic rings. The zero-order chi connectivity index (χ0) is 19.6. The van der Waals surface area contributed by atoms with Gasteiger partial charge in [0.15, 0.2) is 23.1 Å². The second-order valence-electron chi connectivity index (χ2n) is 6.96. The number of amides is 1. The summed E-state index contributed by atoms with van der Waals surface area (Å²) < 4.78 is 11.5. The van der Waals surface area contributed by atoms with Crippen LogP contribution in [0.15, 0.2) is 36.4 Å². The summed E-state index contributed by atoms with van der Waals surface area (Å²) in [6, 6.07) is 10.2. The first kappa shape index (κ1) is 18.5. The highest BCUT2D eigenvalue weighted by Crippen LogP contribution is 2.32. The summed E-state index contributed by atoms with van der Waals surface area (Å²) in [6.07, 6.45) is 1.56. The van der Waals surface area contributed by atoms with Gasteiger partial charge in [-0.1, -0.05) is 12.1 Å². The van der Waals surface area contributed by atoms with E-state index in [4.69, 9.17) is 9.47 Å². The van der Waals surface area contributed by atoms with E-state index in [1.54, 1.807) is 36.4 Å². The number of ether oxygens (including phenoxy) is 2. The molecule has 1 spiro atoms. The largest absolute Gasteiger partial charge is 0.355 e. The zero-order valence-corrected chi connectivity index (χ0v) is 15.7. The van der Waals surface area contributed by atoms with E-state index in [1.807, 2.05) is 0 Å². The van der Waals surface area contributed by atoms with E-state index in [0.717, 1.165) is 31.7 Å². The molecule has 4 rings (SSSR count). The molecule has 8 nitrogen and oxygen atoms in total. The summed E-state index contributed by atoms with van der Waals surface area (Å²) in [5.41, 5.74) is 1.30. The average molecular weight is 382 g/mol. The molecule has 2 aliphatic heterocycles. The molecule has 0 atom stereocenters. The standard InChI is InChI=1S/C20H22N4O4/c1-14(25)15-3-2-4-16(13-15)21-19(26)17-5-6-18(23-22-17)24-9-7-20(8-10-24)27-11-12-28-20/h2-6,13H,7-12H2,1H3,(H,21,26). The van der Waals surface area contributed by atoms with Crippen molar-refractivity contribution in [3.05, 3.63) is 47.7 Å². The second-order valence-corrected chi connectivity index (χ2v) is 6.96. The summed E-state index contributed by atoms with van der Waals surface area (Å²) in [7, 11) is 0. The number of hydrogen-bond acceptors (Lipinski definition) is 7. The first-order valence-corrected chi connectivity index (χ1v) is 9.34. The SMILES string of the molecule is CC(=O)c1cccc(NC(=O)c2ccc(N3CCC4(CC3)OCCO4)nn2)c1. The van der Waals surface area contributed by atoms with Crippen molar-refractivity contribution in [1.82, 2.24) is 10.2 Å². The number of aromatic nitrogens is 2. The average Bonchev–Trinajstić information content (AvgIpc) is 3.17. The van der Waals surface area contributed by atoms with Crippen molar-refractivity contribution in [2.45, 2.75) is 25.6 Å². The van der Waals surface area contributed by atoms with Crippen LogP contribution in [0.3, 0.4) is 0 Å². The molecule has 1 aromatic heterocycles. The Balaban J connectivity index is 1.38. The number of Topliss-reactive ketones (excluding diaryl/α,β-unsaturated/α-hetero) is 1. The van der Waals surface area contributed by atoms with Gasteiger partial charge >= 0.3 is 0 Å². The van der Waals surface area contributed by atoms with Gasteiger partial charge in [-0.3, -0.25) is 9.59 Å². The molecule has 0 saturated carbocycles. The molecule has 8 heteroatoms. The maximum atomic E-state index is 12.4. The molecule has 1 amide bonds. The van der Waals surface area contributed by atoms with Gasteiger partial charge in [0.05, 0.1) is 13.2 Å². The summed E-state index contributed by atoms with van der Waals surface area (Å²) in [5, 5.41) is 11.0. The lowest BCUT2D eigenvalue weighted by Gasteiger charge is -2.37. The Bertz CT molecular complexity index is 868. The highest BCUT2D eigenvalue weighted by Gasteiger charge is 2.40. The van der Waals surface area contributed by atoms with E-state index in [1.165, 1.54) is 6.92 Å². The molecule has 0 aliphatic carbocycles. The molecule has 1 aromatic carbocycles. The molecule has 2 aromatic rings. The Hall–Kier alpha value is -2.84. The normalized spacial score (nSPS) is 18.2. The van der Waals surface area contributed by atoms with Crippen molar-refractivity contribution in [3.8, 4) is 0 Å². The van der Waals surface area contributed by atoms with Crippen molar-refractivity contribution >= 4 is 23.2 Å². The first-order chi connectivity index (χ1) is 13.5. The van der Waals surface area contributed by atoms with Crippen molar-refractivity contribution in [1.29, 1.82) is 0 Å². The molecule has 1 N–H and O–H groups in total. The number of carbonyl (C=O) groups excluding carboxylic acids is 2. The Morgan fingerprint density at radius 3 is 2.46 bits per heavy atom. The Kier molecular flexibility index (Phi) is 5.06. The fourth-order valence-electron chi connectivity index (χ4n) is 3.49. The summed E-state index contributed by atoms with van der Waals surface area (Å²) >= 11 is 0. The number of anilines is 2. The van der Waals surface area contributed by atoms with Crippen LogP contribution in [0.4, 0.5) is 11.5 Å². The number of benzene rings is 1. The summed E-state index contributed by atoms with van der Waals surface area (Å²) in [4.78, 5) is 26.0. The van der Waals surface area contributed by atoms with Crippen LogP contribution in [0.5, 0.6) is 0 Å². The Labute approximate surface area is 162 Å². The van der Waals surface area contributed by atoms with Crippen LogP contribution >= 0.6 is 0 Å². The fourth-order valence-corrected chi connectivity index (χ4v) is 3.49. The van der Waals surface area contributed by atoms with Crippen LogP contribution in [0.25, 0.3) is 0 Å². The quantitative estimate of drug-likeness (QED) is 0.811. The molecule has 0 radical (unpaired) electrons. The number of piperidine rings is 1. The zero-order valence-electron chi connectivity index (χ0n) is 15.7. The highest BCUT2D eigenvalue weighted by atomic mass is 16.7. The topological polar surface area (TPSA) is 93.7 Å². The lowest BCUT2D eigenvalue weighted by atomic mass is 10.0. The molecular weight excluding hydrogens is 360 g/mol. The third-order valence-corrected chi connectivity index (χ3v) is 5.07. The number of nitrogens with zero attached hydrogens (tertiary/aromatic N) is 3. The third-order valence-electron chi connectivity index (χ3n) is 5.07. The van der Waals surface area contributed by atoms with Gasteiger partial charge in [-0.25, -0.2) is 0 Å². The minimum Gasteiger partial charge on any atom is -0.355 e. The Morgan fingerprint density at radius 2 is 1.82 bits per heavy atom. The Morgan fingerprint density at radius 1 is 1.07 bits per heavy atom. The van der Waals surface area contributed by atoms with E-state index in [-0.39, 0.29) is 17.4 Å². The van der Waals surface area contributed by atoms with Crippen molar-refractivity contribution in [2.75, 3.05) is 36.5 Å². The molecule has 2 saturated heterocycles. The molecule has 0 bridgehead atoms. The number of hydrogen-bond donors (Lipinski definition) is 1. The van der Waals surface area contributed by atoms with Crippen molar-refractivity contribution in [3.63, 3.8) is 0 Å². The van der Waals surface area contributed by atoms with Gasteiger partial charge in [-0.05, 0) is 31.2 Å². The van der Waals surface area contributed by atoms with Gasteiger partial charge in [-0.2, -0.15) is 0 Å². The van der Waals surface area contributed by atoms with Gasteiger partial charge in [-0.15, -0.1) is 10.2 Å². The van der Waals surface area contributed by atoms with Gasteiger partial charge in [0, 0.05) is 37.2 Å². The number of nitrogens with one attached hydrogen (secondary N) is 1. The smallest absolute Gasteiger partial charge is 0.276 e. The van der Waals surface area contributed by atoms with Gasteiger partial charge in [0.25, 0.3) is 5.91 Å². The molecule has 0 unspecified atom stereocenters. The molecule has 2 fully saturated rings. The van der Waals surface area contributed by atoms with Gasteiger partial charge < -0.3 is 19.7 Å². The van der Waals surface area contributed by atoms with Gasteiger partial charge in [0.2, 0.25) is 0 Å². The maximum absolute atomic E-state index is 12.4. The lowest BCUT2D eigenvalue weighted by molar-refractivity contribution is -0.169. The van der Waals surface area contributed by atoms with E-state index in [9.17, 15) is 9.59 Å². The van der Waals surface area contributed by atoms with Crippen LogP contribution in [0, 0.1) is 0 Å². The minimum absolute atomic E-state index is 0.0584. The number of ketones is 1. The second kappa shape index (κ2) is 7.65. The van der Waals surface area contributed by atoms with Crippen molar-refractivity contribution in [2.24, 2.45) is 0 Å². The molecule has 146 valence electrons. The predicted octanol–water partition coefficient (Wildman–Crippen LogP) is 2.27. The maximum Gasteiger partial charge on any atom is 0.276 e. The van der Waals surface area contributed by atoms with Crippen LogP contribution < -0.4 is 10.2 Å². The molecule has 28 heavy (non-hydrogen) atoms. The van der Waals surface area contributed by atoms with E-state index in [2.05, 4.69) is 20.4 Å². The fraction of sp³-hybridized carbons (Fsp3) is 0.400. The number of rotatable bonds is 4. The first-order valence-electron chi connectivity index (χ1n) is 9.34. The summed E-state index contributed by atoms with van der Waals surface area (Å²) in [5.74, 6) is -0.136. The molecule has 3 heterocycles. The van der Waals surface area contributed by atoms with Gasteiger partial charge in [0.1, 0.15) is 0 Å². The van der Waals surface area contributed by atoms with E-state index in [0.29, 0.717) is 24.5 Å². The van der Waals surface area contributed by atoms with Crippen molar-refractivity contribution < 1.29 is 19.1 Å². The predicted molar refractivity (Wildman–Crippen MR) is 103 cm³/mol. The van der Waals surface area contributed by atoms with Crippen LogP contribution in [0.2, 0.25) is 0 Å². The highest BCUT2D eigenvalue weighted by molar-refractivity contribution is 6.03. The summed E-state index contributed by atoms with van der Waals surface area (Å²) in [6.45, 7) is 4.31. The monoisotopic (exact) mass is 382 g/mol. The van der Waals surface area contributed by atoms with Crippen LogP contribution in [-0.2, 0) is 9.47 Å². The van der Waals surface area contributed by atoms with E-state index >= 15 is 0 Å². The van der Waals surface area contributed by atoms with E-state index < -0.39 is 5.79 Å². The lowest BCUT2D eigenvalue weighted by Crippen LogP contribution is -2.45. The van der Waals surface area contributed by atoms with Crippen LogP contribution in [-0.4, -0.2) is 54.0 Å².